The number of carbonyl (C=O) groups excluding carboxylic acids is 1. The molecule has 0 saturated carbocycles. The van der Waals surface area contributed by atoms with E-state index in [1.807, 2.05) is 0 Å². The topological polar surface area (TPSA) is 83.7 Å². The van der Waals surface area contributed by atoms with Crippen LogP contribution < -0.4 is 5.73 Å². The van der Waals surface area contributed by atoms with Crippen molar-refractivity contribution in [2.75, 3.05) is 32.4 Å². The standard InChI is InChI=1S/C11H14BrN3O3S/c1-14-4-5-15(7-11(14)16)19(17,18)10-6-8(13)2-3-9(10)12/h2-3,6H,4-5,7,13H2,1H3. The van der Waals surface area contributed by atoms with Crippen LogP contribution in [0.15, 0.2) is 27.6 Å². The van der Waals surface area contributed by atoms with Gasteiger partial charge in [0.2, 0.25) is 15.9 Å². The summed E-state index contributed by atoms with van der Waals surface area (Å²) in [5, 5.41) is 0. The van der Waals surface area contributed by atoms with E-state index in [0.717, 1.165) is 0 Å². The van der Waals surface area contributed by atoms with Gasteiger partial charge in [-0.05, 0) is 34.1 Å². The van der Waals surface area contributed by atoms with Gasteiger partial charge in [-0.2, -0.15) is 4.31 Å². The first-order valence-corrected chi connectivity index (χ1v) is 7.85. The Kier molecular flexibility index (Phi) is 3.84. The van der Waals surface area contributed by atoms with Crippen LogP contribution in [0, 0.1) is 0 Å². The molecule has 8 heteroatoms. The molecule has 1 aliphatic heterocycles. The molecule has 1 aliphatic rings. The largest absolute Gasteiger partial charge is 0.399 e. The Bertz CT molecular complexity index is 618. The van der Waals surface area contributed by atoms with Crippen molar-refractivity contribution in [1.82, 2.24) is 9.21 Å². The van der Waals surface area contributed by atoms with Crippen molar-refractivity contribution in [2.45, 2.75) is 4.90 Å². The number of hydrogen-bond donors (Lipinski definition) is 1. The Balaban J connectivity index is 2.37. The number of piperazine rings is 1. The number of likely N-dealkylation sites (N-methyl/N-ethyl adjacent to an activating group) is 1. The van der Waals surface area contributed by atoms with Crippen LogP contribution in [0.3, 0.4) is 0 Å². The minimum absolute atomic E-state index is 0.0878. The summed E-state index contributed by atoms with van der Waals surface area (Å²) in [5.74, 6) is -0.213. The second-order valence-corrected chi connectivity index (χ2v) is 7.10. The molecule has 104 valence electrons. The number of amides is 1. The highest BCUT2D eigenvalue weighted by molar-refractivity contribution is 9.10. The highest BCUT2D eigenvalue weighted by atomic mass is 79.9. The summed E-state index contributed by atoms with van der Waals surface area (Å²) in [7, 11) is -2.06. The molecule has 1 heterocycles. The summed E-state index contributed by atoms with van der Waals surface area (Å²) in [6.07, 6.45) is 0. The molecule has 1 aromatic rings. The maximum atomic E-state index is 12.5. The fraction of sp³-hybridized carbons (Fsp3) is 0.364. The predicted octanol–water partition coefficient (Wildman–Crippen LogP) is 0.494. The summed E-state index contributed by atoms with van der Waals surface area (Å²) in [5.41, 5.74) is 5.99. The van der Waals surface area contributed by atoms with Gasteiger partial charge in [0, 0.05) is 30.3 Å². The van der Waals surface area contributed by atoms with Crippen molar-refractivity contribution in [3.8, 4) is 0 Å². The average molecular weight is 348 g/mol. The Hall–Kier alpha value is -1.12. The van der Waals surface area contributed by atoms with Gasteiger partial charge in [0.15, 0.2) is 0 Å². The first-order chi connectivity index (χ1) is 8.82. The van der Waals surface area contributed by atoms with Gasteiger partial charge in [-0.25, -0.2) is 8.42 Å². The first-order valence-electron chi connectivity index (χ1n) is 5.61. The molecule has 0 atom stereocenters. The minimum atomic E-state index is -3.71. The van der Waals surface area contributed by atoms with E-state index in [9.17, 15) is 13.2 Å². The van der Waals surface area contributed by atoms with Crippen LogP contribution >= 0.6 is 15.9 Å². The molecule has 19 heavy (non-hydrogen) atoms. The number of hydrogen-bond acceptors (Lipinski definition) is 4. The van der Waals surface area contributed by atoms with Crippen molar-refractivity contribution in [2.24, 2.45) is 0 Å². The van der Waals surface area contributed by atoms with Crippen LogP contribution in [0.5, 0.6) is 0 Å². The van der Waals surface area contributed by atoms with Gasteiger partial charge < -0.3 is 10.6 Å². The number of carbonyl (C=O) groups is 1. The van der Waals surface area contributed by atoms with Crippen LogP contribution in [0.2, 0.25) is 0 Å². The van der Waals surface area contributed by atoms with E-state index < -0.39 is 10.0 Å². The van der Waals surface area contributed by atoms with Crippen LogP contribution in [0.4, 0.5) is 5.69 Å². The second-order valence-electron chi connectivity index (χ2n) is 4.34. The first kappa shape index (κ1) is 14.3. The fourth-order valence-electron chi connectivity index (χ4n) is 1.80. The lowest BCUT2D eigenvalue weighted by molar-refractivity contribution is -0.132. The molecule has 1 aromatic carbocycles. The predicted molar refractivity (Wildman–Crippen MR) is 75.0 cm³/mol. The van der Waals surface area contributed by atoms with Crippen LogP contribution in [-0.4, -0.2) is 50.2 Å². The third-order valence-corrected chi connectivity index (χ3v) is 5.83. The molecule has 1 amide bonds. The Labute approximate surface area is 120 Å². The molecule has 6 nitrogen and oxygen atoms in total. The quantitative estimate of drug-likeness (QED) is 0.789. The van der Waals surface area contributed by atoms with Gasteiger partial charge in [-0.15, -0.1) is 0 Å². The van der Waals surface area contributed by atoms with Gasteiger partial charge in [0.1, 0.15) is 0 Å². The zero-order valence-corrected chi connectivity index (χ0v) is 12.7. The van der Waals surface area contributed by atoms with Crippen LogP contribution in [0.25, 0.3) is 0 Å². The highest BCUT2D eigenvalue weighted by Gasteiger charge is 2.32. The van der Waals surface area contributed by atoms with Gasteiger partial charge in [0.25, 0.3) is 0 Å². The zero-order chi connectivity index (χ0) is 14.2. The van der Waals surface area contributed by atoms with E-state index >= 15 is 0 Å². The molecule has 1 fully saturated rings. The van der Waals surface area contributed by atoms with E-state index in [2.05, 4.69) is 15.9 Å². The maximum absolute atomic E-state index is 12.5. The lowest BCUT2D eigenvalue weighted by atomic mass is 10.3. The average Bonchev–Trinajstić information content (AvgIpc) is 2.35. The van der Waals surface area contributed by atoms with E-state index in [0.29, 0.717) is 16.7 Å². The maximum Gasteiger partial charge on any atom is 0.244 e. The minimum Gasteiger partial charge on any atom is -0.399 e. The summed E-state index contributed by atoms with van der Waals surface area (Å²) < 4.78 is 26.6. The summed E-state index contributed by atoms with van der Waals surface area (Å²) in [6, 6.07) is 4.58. The number of nitrogen functional groups attached to an aromatic ring is 1. The molecular formula is C11H14BrN3O3S. The normalized spacial score (nSPS) is 17.8. The molecule has 0 aromatic heterocycles. The van der Waals surface area contributed by atoms with Gasteiger partial charge in [-0.1, -0.05) is 0 Å². The van der Waals surface area contributed by atoms with E-state index in [-0.39, 0.29) is 23.9 Å². The molecule has 0 spiro atoms. The van der Waals surface area contributed by atoms with Gasteiger partial charge >= 0.3 is 0 Å². The lowest BCUT2D eigenvalue weighted by Gasteiger charge is -2.31. The van der Waals surface area contributed by atoms with Crippen LogP contribution in [-0.2, 0) is 14.8 Å². The summed E-state index contributed by atoms with van der Waals surface area (Å²) in [4.78, 5) is 13.2. The molecular weight excluding hydrogens is 334 g/mol. The van der Waals surface area contributed by atoms with E-state index in [4.69, 9.17) is 5.73 Å². The zero-order valence-electron chi connectivity index (χ0n) is 10.3. The molecule has 1 saturated heterocycles. The number of nitrogens with zero attached hydrogens (tertiary/aromatic N) is 2. The third-order valence-electron chi connectivity index (χ3n) is 3.00. The molecule has 0 aliphatic carbocycles. The summed E-state index contributed by atoms with van der Waals surface area (Å²) >= 11 is 3.20. The SMILES string of the molecule is CN1CCN(S(=O)(=O)c2cc(N)ccc2Br)CC1=O. The number of rotatable bonds is 2. The second kappa shape index (κ2) is 5.10. The smallest absolute Gasteiger partial charge is 0.244 e. The van der Waals surface area contributed by atoms with E-state index in [1.54, 1.807) is 19.2 Å². The van der Waals surface area contributed by atoms with Crippen molar-refractivity contribution >= 4 is 37.5 Å². The van der Waals surface area contributed by atoms with Gasteiger partial charge in [-0.3, -0.25) is 4.79 Å². The fourth-order valence-corrected chi connectivity index (χ4v) is 4.14. The number of halogens is 1. The molecule has 2 rings (SSSR count). The van der Waals surface area contributed by atoms with Crippen molar-refractivity contribution in [3.63, 3.8) is 0 Å². The molecule has 2 N–H and O–H groups in total. The number of sulfonamides is 1. The Morgan fingerprint density at radius 1 is 1.32 bits per heavy atom. The number of anilines is 1. The monoisotopic (exact) mass is 347 g/mol. The number of nitrogens with two attached hydrogens (primary N) is 1. The van der Waals surface area contributed by atoms with E-state index in [1.165, 1.54) is 15.3 Å². The van der Waals surface area contributed by atoms with Crippen molar-refractivity contribution in [3.05, 3.63) is 22.7 Å². The molecule has 0 unspecified atom stereocenters. The Morgan fingerprint density at radius 2 is 2.00 bits per heavy atom. The Morgan fingerprint density at radius 3 is 2.63 bits per heavy atom. The highest BCUT2D eigenvalue weighted by Crippen LogP contribution is 2.27. The third kappa shape index (κ3) is 2.75. The number of benzene rings is 1. The van der Waals surface area contributed by atoms with Gasteiger partial charge in [0.05, 0.1) is 11.4 Å². The molecule has 0 radical (unpaired) electrons. The van der Waals surface area contributed by atoms with Crippen LogP contribution in [0.1, 0.15) is 0 Å². The van der Waals surface area contributed by atoms with Crippen molar-refractivity contribution < 1.29 is 13.2 Å². The summed E-state index contributed by atoms with van der Waals surface area (Å²) in [6.45, 7) is 0.532. The van der Waals surface area contributed by atoms with Crippen molar-refractivity contribution in [1.29, 1.82) is 0 Å². The lowest BCUT2D eigenvalue weighted by Crippen LogP contribution is -2.50. The molecule has 0 bridgehead atoms.